The Morgan fingerprint density at radius 3 is 2.67 bits per heavy atom. The van der Waals surface area contributed by atoms with E-state index in [1.54, 1.807) is 0 Å². The van der Waals surface area contributed by atoms with Gasteiger partial charge in [-0.3, -0.25) is 4.90 Å². The van der Waals surface area contributed by atoms with E-state index >= 15 is 0 Å². The normalized spacial score (nSPS) is 22.0. The Morgan fingerprint density at radius 2 is 2.00 bits per heavy atom. The van der Waals surface area contributed by atoms with Gasteiger partial charge in [-0.1, -0.05) is 0 Å². The lowest BCUT2D eigenvalue weighted by Crippen LogP contribution is -2.63. The highest BCUT2D eigenvalue weighted by Gasteiger charge is 2.32. The fraction of sp³-hybridized carbons (Fsp3) is 0.615. The van der Waals surface area contributed by atoms with Crippen molar-refractivity contribution < 1.29 is 0 Å². The predicted molar refractivity (Wildman–Crippen MR) is 77.1 cm³/mol. The second-order valence-corrected chi connectivity index (χ2v) is 5.94. The highest BCUT2D eigenvalue weighted by Crippen LogP contribution is 2.24. The summed E-state index contributed by atoms with van der Waals surface area (Å²) < 4.78 is 1.09. The molecule has 0 bridgehead atoms. The summed E-state index contributed by atoms with van der Waals surface area (Å²) in [4.78, 5) is 9.59. The van der Waals surface area contributed by atoms with Crippen LogP contribution in [0.2, 0.25) is 0 Å². The molecular formula is C13H19BrN4. The standard InChI is InChI=1S/C13H19BrN4/c1-10-12(14)2-3-13(16-10)18-8-11(9-18)17-6-4-15-5-7-17/h2-3,11,15H,4-9H2,1H3. The zero-order valence-electron chi connectivity index (χ0n) is 10.7. The number of nitrogens with zero attached hydrogens (tertiary/aromatic N) is 3. The SMILES string of the molecule is Cc1nc(N2CC(N3CCNCC3)C2)ccc1Br. The first-order valence-electron chi connectivity index (χ1n) is 6.57. The third-order valence-electron chi connectivity index (χ3n) is 3.86. The molecule has 0 amide bonds. The molecule has 4 nitrogen and oxygen atoms in total. The van der Waals surface area contributed by atoms with Crippen LogP contribution >= 0.6 is 15.9 Å². The quantitative estimate of drug-likeness (QED) is 0.891. The molecule has 0 atom stereocenters. The first-order valence-corrected chi connectivity index (χ1v) is 7.36. The molecule has 2 saturated heterocycles. The molecule has 0 unspecified atom stereocenters. The Hall–Kier alpha value is -0.650. The largest absolute Gasteiger partial charge is 0.353 e. The van der Waals surface area contributed by atoms with Gasteiger partial charge in [0.25, 0.3) is 0 Å². The lowest BCUT2D eigenvalue weighted by molar-refractivity contribution is 0.147. The van der Waals surface area contributed by atoms with Gasteiger partial charge in [-0.05, 0) is 35.0 Å². The molecule has 2 fully saturated rings. The number of aryl methyl sites for hydroxylation is 1. The maximum Gasteiger partial charge on any atom is 0.128 e. The van der Waals surface area contributed by atoms with Gasteiger partial charge in [-0.15, -0.1) is 0 Å². The predicted octanol–water partition coefficient (Wildman–Crippen LogP) is 1.25. The summed E-state index contributed by atoms with van der Waals surface area (Å²) in [5.41, 5.74) is 1.07. The second kappa shape index (κ2) is 5.15. The molecular weight excluding hydrogens is 292 g/mol. The number of hydrogen-bond donors (Lipinski definition) is 1. The first kappa shape index (κ1) is 12.4. The van der Waals surface area contributed by atoms with Crippen LogP contribution in [-0.2, 0) is 0 Å². The first-order chi connectivity index (χ1) is 8.74. The number of halogens is 1. The third kappa shape index (κ3) is 2.39. The smallest absolute Gasteiger partial charge is 0.128 e. The Bertz CT molecular complexity index is 425. The van der Waals surface area contributed by atoms with Gasteiger partial charge in [0, 0.05) is 49.8 Å². The zero-order chi connectivity index (χ0) is 12.5. The van der Waals surface area contributed by atoms with Crippen molar-refractivity contribution in [2.24, 2.45) is 0 Å². The fourth-order valence-corrected chi connectivity index (χ4v) is 2.85. The van der Waals surface area contributed by atoms with Crippen LogP contribution < -0.4 is 10.2 Å². The van der Waals surface area contributed by atoms with Crippen molar-refractivity contribution in [3.05, 3.63) is 22.3 Å². The number of piperazine rings is 1. The molecule has 0 aliphatic carbocycles. The van der Waals surface area contributed by atoms with Crippen molar-refractivity contribution in [2.45, 2.75) is 13.0 Å². The molecule has 1 aromatic rings. The molecule has 2 aliphatic rings. The molecule has 2 aliphatic heterocycles. The third-order valence-corrected chi connectivity index (χ3v) is 4.70. The van der Waals surface area contributed by atoms with Crippen LogP contribution in [0.25, 0.3) is 0 Å². The van der Waals surface area contributed by atoms with Crippen LogP contribution in [0.1, 0.15) is 5.69 Å². The molecule has 1 aromatic heterocycles. The van der Waals surface area contributed by atoms with Crippen LogP contribution in [0.4, 0.5) is 5.82 Å². The molecule has 3 rings (SSSR count). The molecule has 0 radical (unpaired) electrons. The lowest BCUT2D eigenvalue weighted by atomic mass is 10.1. The van der Waals surface area contributed by atoms with Crippen molar-refractivity contribution in [2.75, 3.05) is 44.2 Å². The molecule has 0 aromatic carbocycles. The summed E-state index contributed by atoms with van der Waals surface area (Å²) in [6, 6.07) is 4.92. The van der Waals surface area contributed by atoms with Crippen molar-refractivity contribution in [3.63, 3.8) is 0 Å². The minimum absolute atomic E-state index is 0.720. The van der Waals surface area contributed by atoms with E-state index in [4.69, 9.17) is 0 Å². The number of anilines is 1. The zero-order valence-corrected chi connectivity index (χ0v) is 12.3. The van der Waals surface area contributed by atoms with Gasteiger partial charge in [-0.2, -0.15) is 0 Å². The summed E-state index contributed by atoms with van der Waals surface area (Å²) in [6.07, 6.45) is 0. The minimum Gasteiger partial charge on any atom is -0.353 e. The monoisotopic (exact) mass is 310 g/mol. The van der Waals surface area contributed by atoms with E-state index in [1.165, 1.54) is 13.1 Å². The maximum atomic E-state index is 4.62. The average Bonchev–Trinajstić information content (AvgIpc) is 2.33. The summed E-state index contributed by atoms with van der Waals surface area (Å²) >= 11 is 3.50. The fourth-order valence-electron chi connectivity index (χ4n) is 2.63. The topological polar surface area (TPSA) is 31.4 Å². The van der Waals surface area contributed by atoms with E-state index < -0.39 is 0 Å². The van der Waals surface area contributed by atoms with Gasteiger partial charge in [0.05, 0.1) is 5.69 Å². The summed E-state index contributed by atoms with van der Waals surface area (Å²) in [6.45, 7) is 8.91. The molecule has 98 valence electrons. The Morgan fingerprint density at radius 1 is 1.28 bits per heavy atom. The molecule has 18 heavy (non-hydrogen) atoms. The van der Waals surface area contributed by atoms with E-state index in [9.17, 15) is 0 Å². The maximum absolute atomic E-state index is 4.62. The van der Waals surface area contributed by atoms with Gasteiger partial charge in [0.15, 0.2) is 0 Å². The molecule has 5 heteroatoms. The van der Waals surface area contributed by atoms with Crippen LogP contribution in [-0.4, -0.2) is 55.2 Å². The van der Waals surface area contributed by atoms with Crippen molar-refractivity contribution >= 4 is 21.7 Å². The van der Waals surface area contributed by atoms with Gasteiger partial charge in [0.1, 0.15) is 5.82 Å². The Kier molecular flexibility index (Phi) is 3.54. The van der Waals surface area contributed by atoms with Gasteiger partial charge in [0.2, 0.25) is 0 Å². The molecule has 0 spiro atoms. The van der Waals surface area contributed by atoms with Crippen LogP contribution in [0.15, 0.2) is 16.6 Å². The van der Waals surface area contributed by atoms with Crippen molar-refractivity contribution in [3.8, 4) is 0 Å². The summed E-state index contributed by atoms with van der Waals surface area (Å²) in [5.74, 6) is 1.11. The highest BCUT2D eigenvalue weighted by atomic mass is 79.9. The summed E-state index contributed by atoms with van der Waals surface area (Å²) in [5, 5.41) is 3.40. The molecule has 3 heterocycles. The van der Waals surface area contributed by atoms with Gasteiger partial charge < -0.3 is 10.2 Å². The van der Waals surface area contributed by atoms with Crippen molar-refractivity contribution in [1.29, 1.82) is 0 Å². The average molecular weight is 311 g/mol. The van der Waals surface area contributed by atoms with E-state index in [0.717, 1.165) is 48.2 Å². The lowest BCUT2D eigenvalue weighted by Gasteiger charge is -2.47. The van der Waals surface area contributed by atoms with Crippen LogP contribution in [0.5, 0.6) is 0 Å². The van der Waals surface area contributed by atoms with Crippen molar-refractivity contribution in [1.82, 2.24) is 15.2 Å². The number of nitrogens with one attached hydrogen (secondary N) is 1. The van der Waals surface area contributed by atoms with E-state index in [0.29, 0.717) is 0 Å². The van der Waals surface area contributed by atoms with E-state index in [2.05, 4.69) is 48.2 Å². The van der Waals surface area contributed by atoms with E-state index in [1.807, 2.05) is 6.92 Å². The number of rotatable bonds is 2. The van der Waals surface area contributed by atoms with E-state index in [-0.39, 0.29) is 0 Å². The second-order valence-electron chi connectivity index (χ2n) is 5.08. The molecule has 0 saturated carbocycles. The highest BCUT2D eigenvalue weighted by molar-refractivity contribution is 9.10. The molecule has 1 N–H and O–H groups in total. The Balaban J connectivity index is 1.59. The number of aromatic nitrogens is 1. The van der Waals surface area contributed by atoms with Crippen LogP contribution in [0, 0.1) is 6.92 Å². The number of hydrogen-bond acceptors (Lipinski definition) is 4. The minimum atomic E-state index is 0.720. The Labute approximate surface area is 116 Å². The number of pyridine rings is 1. The van der Waals surface area contributed by atoms with Crippen LogP contribution in [0.3, 0.4) is 0 Å². The summed E-state index contributed by atoms with van der Waals surface area (Å²) in [7, 11) is 0. The van der Waals surface area contributed by atoms with Gasteiger partial charge in [-0.25, -0.2) is 4.98 Å². The van der Waals surface area contributed by atoms with Gasteiger partial charge >= 0.3 is 0 Å².